The Balaban J connectivity index is 1.08. The average Bonchev–Trinajstić information content (AvgIpc) is 3.23. The molecule has 3 N–H and O–H groups in total. The molecule has 0 bridgehead atoms. The van der Waals surface area contributed by atoms with E-state index in [0.29, 0.717) is 18.7 Å². The Hall–Kier alpha value is -5.20. The van der Waals surface area contributed by atoms with Crippen molar-refractivity contribution in [3.05, 3.63) is 179 Å². The maximum Gasteiger partial charge on any atom is 0.242 e. The van der Waals surface area contributed by atoms with Gasteiger partial charge < -0.3 is 19.9 Å². The minimum atomic E-state index is -3.99. The van der Waals surface area contributed by atoms with Crippen molar-refractivity contribution in [2.75, 3.05) is 18.9 Å². The first-order valence-electron chi connectivity index (χ1n) is 19.3. The van der Waals surface area contributed by atoms with Crippen LogP contribution in [0.15, 0.2) is 150 Å². The molecule has 5 atom stereocenters. The lowest BCUT2D eigenvalue weighted by Crippen LogP contribution is -2.45. The van der Waals surface area contributed by atoms with Crippen LogP contribution in [0.4, 0.5) is 5.69 Å². The van der Waals surface area contributed by atoms with Gasteiger partial charge in [-0.3, -0.25) is 9.69 Å². The van der Waals surface area contributed by atoms with Crippen molar-refractivity contribution in [3.8, 4) is 0 Å². The quantitative estimate of drug-likeness (QED) is 0.102. The summed E-state index contributed by atoms with van der Waals surface area (Å²) in [4.78, 5) is 16.2. The largest absolute Gasteiger partial charge is 0.392 e. The number of amides is 1. The standard InChI is InChI=1S/C47H49N3O6S/c1-32-13-25-43(26-14-32)57(53,54)49-44(27-34-9-5-4-6-10-34)46(52)48-41-23-21-38(22-24-41)47-55-42(29-45(56-47)37-17-15-35(31-51)16-18-37)30-50(3)33(2)39-20-19-36-11-7-8-12-40(36)28-39/h4-26,28,33,42,44-45,47,49,51H,27,29-31H2,1-3H3,(H,48,52). The van der Waals surface area contributed by atoms with Crippen LogP contribution >= 0.6 is 0 Å². The highest BCUT2D eigenvalue weighted by molar-refractivity contribution is 7.89. The lowest BCUT2D eigenvalue weighted by atomic mass is 9.98. The van der Waals surface area contributed by atoms with Crippen molar-refractivity contribution in [2.45, 2.75) is 68.8 Å². The van der Waals surface area contributed by atoms with Crippen LogP contribution < -0.4 is 10.0 Å². The third-order valence-corrected chi connectivity index (χ3v) is 12.2. The highest BCUT2D eigenvalue weighted by atomic mass is 32.2. The molecule has 7 rings (SSSR count). The van der Waals surface area contributed by atoms with Gasteiger partial charge in [-0.15, -0.1) is 0 Å². The zero-order valence-corrected chi connectivity index (χ0v) is 33.2. The summed E-state index contributed by atoms with van der Waals surface area (Å²) < 4.78 is 42.7. The molecule has 1 fully saturated rings. The number of aliphatic hydroxyl groups excluding tert-OH is 1. The van der Waals surface area contributed by atoms with E-state index >= 15 is 0 Å². The number of sulfonamides is 1. The molecule has 10 heteroatoms. The van der Waals surface area contributed by atoms with Crippen molar-refractivity contribution in [2.24, 2.45) is 0 Å². The number of fused-ring (bicyclic) bond motifs is 1. The molecule has 57 heavy (non-hydrogen) atoms. The number of benzene rings is 6. The molecule has 0 aromatic heterocycles. The molecule has 1 heterocycles. The van der Waals surface area contributed by atoms with Gasteiger partial charge in [0.15, 0.2) is 6.29 Å². The maximum absolute atomic E-state index is 13.8. The van der Waals surface area contributed by atoms with Crippen LogP contribution in [0.5, 0.6) is 0 Å². The number of aryl methyl sites for hydroxylation is 1. The molecular weight excluding hydrogens is 735 g/mol. The summed E-state index contributed by atoms with van der Waals surface area (Å²) in [5.41, 5.74) is 6.08. The molecule has 1 aliphatic rings. The van der Waals surface area contributed by atoms with Crippen molar-refractivity contribution >= 4 is 32.4 Å². The molecule has 0 aliphatic carbocycles. The molecule has 5 unspecified atom stereocenters. The molecule has 9 nitrogen and oxygen atoms in total. The molecule has 1 aliphatic heterocycles. The van der Waals surface area contributed by atoms with Gasteiger partial charge in [-0.2, -0.15) is 4.72 Å². The van der Waals surface area contributed by atoms with Crippen LogP contribution in [0, 0.1) is 6.92 Å². The third kappa shape index (κ3) is 10.0. The van der Waals surface area contributed by atoms with Gasteiger partial charge in [0, 0.05) is 30.3 Å². The number of carbonyl (C=O) groups is 1. The highest BCUT2D eigenvalue weighted by Crippen LogP contribution is 2.39. The van der Waals surface area contributed by atoms with Crippen molar-refractivity contribution in [3.63, 3.8) is 0 Å². The fraction of sp³-hybridized carbons (Fsp3) is 0.255. The zero-order valence-electron chi connectivity index (χ0n) is 32.4. The summed E-state index contributed by atoms with van der Waals surface area (Å²) in [7, 11) is -1.88. The number of hydrogen-bond acceptors (Lipinski definition) is 7. The van der Waals surface area contributed by atoms with Crippen molar-refractivity contribution in [1.29, 1.82) is 0 Å². The Labute approximate surface area is 335 Å². The molecule has 0 saturated carbocycles. The normalized spacial score (nSPS) is 18.3. The van der Waals surface area contributed by atoms with Crippen LogP contribution in [-0.4, -0.2) is 50.1 Å². The predicted molar refractivity (Wildman–Crippen MR) is 224 cm³/mol. The fourth-order valence-electron chi connectivity index (χ4n) is 7.20. The second-order valence-electron chi connectivity index (χ2n) is 14.9. The summed E-state index contributed by atoms with van der Waals surface area (Å²) in [5.74, 6) is -0.484. The van der Waals surface area contributed by atoms with E-state index in [1.165, 1.54) is 28.5 Å². The van der Waals surface area contributed by atoms with Gasteiger partial charge in [-0.25, -0.2) is 8.42 Å². The SMILES string of the molecule is Cc1ccc(S(=O)(=O)NC(Cc2ccccc2)C(=O)Nc2ccc(C3OC(CN(C)C(C)c4ccc5ccccc5c4)CC(c4ccc(CO)cc4)O3)cc2)cc1. The van der Waals surface area contributed by atoms with Crippen LogP contribution in [0.3, 0.4) is 0 Å². The van der Waals surface area contributed by atoms with E-state index < -0.39 is 28.3 Å². The van der Waals surface area contributed by atoms with Crippen LogP contribution in [0.1, 0.15) is 65.2 Å². The van der Waals surface area contributed by atoms with Gasteiger partial charge in [0.05, 0.1) is 23.7 Å². The van der Waals surface area contributed by atoms with E-state index in [4.69, 9.17) is 9.47 Å². The number of aliphatic hydroxyl groups is 1. The second-order valence-corrected chi connectivity index (χ2v) is 16.6. The highest BCUT2D eigenvalue weighted by Gasteiger charge is 2.34. The smallest absolute Gasteiger partial charge is 0.242 e. The van der Waals surface area contributed by atoms with Crippen molar-refractivity contribution in [1.82, 2.24) is 9.62 Å². The van der Waals surface area contributed by atoms with Gasteiger partial charge in [0.2, 0.25) is 15.9 Å². The summed E-state index contributed by atoms with van der Waals surface area (Å²) in [6, 6.07) is 45.0. The molecule has 0 radical (unpaired) electrons. The number of ether oxygens (including phenoxy) is 2. The van der Waals surface area contributed by atoms with E-state index in [1.807, 2.05) is 73.7 Å². The van der Waals surface area contributed by atoms with Crippen LogP contribution in [0.2, 0.25) is 0 Å². The zero-order chi connectivity index (χ0) is 39.9. The number of likely N-dealkylation sites (N-methyl/N-ethyl adjacent to an activating group) is 1. The summed E-state index contributed by atoms with van der Waals surface area (Å²) in [6.07, 6.45) is -0.314. The lowest BCUT2D eigenvalue weighted by Gasteiger charge is -2.39. The summed E-state index contributed by atoms with van der Waals surface area (Å²) in [6.45, 7) is 4.71. The Morgan fingerprint density at radius 1 is 0.789 bits per heavy atom. The Bertz CT molecular complexity index is 2370. The lowest BCUT2D eigenvalue weighted by molar-refractivity contribution is -0.253. The van der Waals surface area contributed by atoms with Crippen LogP contribution in [-0.2, 0) is 37.3 Å². The Morgan fingerprint density at radius 2 is 1.46 bits per heavy atom. The predicted octanol–water partition coefficient (Wildman–Crippen LogP) is 8.41. The molecule has 6 aromatic rings. The number of carbonyl (C=O) groups excluding carboxylic acids is 1. The number of rotatable bonds is 14. The van der Waals surface area contributed by atoms with Crippen molar-refractivity contribution < 1.29 is 27.8 Å². The first kappa shape index (κ1) is 40.0. The minimum Gasteiger partial charge on any atom is -0.392 e. The molecule has 6 aromatic carbocycles. The van der Waals surface area contributed by atoms with E-state index in [1.54, 1.807) is 24.3 Å². The van der Waals surface area contributed by atoms with Crippen LogP contribution in [0.25, 0.3) is 10.8 Å². The third-order valence-electron chi connectivity index (χ3n) is 10.7. The Kier molecular flexibility index (Phi) is 12.6. The average molecular weight is 784 g/mol. The summed E-state index contributed by atoms with van der Waals surface area (Å²) in [5, 5.41) is 15.0. The number of hydrogen-bond donors (Lipinski definition) is 3. The van der Waals surface area contributed by atoms with E-state index in [0.717, 1.165) is 27.8 Å². The van der Waals surface area contributed by atoms with E-state index in [-0.39, 0.29) is 36.2 Å². The molecule has 1 saturated heterocycles. The maximum atomic E-state index is 13.8. The fourth-order valence-corrected chi connectivity index (χ4v) is 8.39. The molecule has 1 amide bonds. The van der Waals surface area contributed by atoms with Gasteiger partial charge in [-0.05, 0) is 90.7 Å². The van der Waals surface area contributed by atoms with E-state index in [9.17, 15) is 18.3 Å². The number of nitrogens with zero attached hydrogens (tertiary/aromatic N) is 1. The molecule has 0 spiro atoms. The first-order chi connectivity index (χ1) is 27.5. The minimum absolute atomic E-state index is 0.0356. The van der Waals surface area contributed by atoms with Gasteiger partial charge in [0.25, 0.3) is 0 Å². The van der Waals surface area contributed by atoms with Gasteiger partial charge >= 0.3 is 0 Å². The second kappa shape index (κ2) is 17.9. The monoisotopic (exact) mass is 783 g/mol. The summed E-state index contributed by atoms with van der Waals surface area (Å²) >= 11 is 0. The number of anilines is 1. The topological polar surface area (TPSA) is 117 Å². The molecular formula is C47H49N3O6S. The van der Waals surface area contributed by atoms with Gasteiger partial charge in [-0.1, -0.05) is 121 Å². The van der Waals surface area contributed by atoms with Gasteiger partial charge in [0.1, 0.15) is 6.04 Å². The first-order valence-corrected chi connectivity index (χ1v) is 20.8. The Morgan fingerprint density at radius 3 is 2.16 bits per heavy atom. The molecule has 294 valence electrons. The van der Waals surface area contributed by atoms with E-state index in [2.05, 4.69) is 71.4 Å². The number of nitrogens with one attached hydrogen (secondary N) is 2.